The van der Waals surface area contributed by atoms with Crippen LogP contribution in [0, 0.1) is 11.3 Å². The van der Waals surface area contributed by atoms with Gasteiger partial charge in [0.1, 0.15) is 6.58 Å². The zero-order chi connectivity index (χ0) is 18.1. The third kappa shape index (κ3) is 3.22. The number of carbonyl (C=O) groups is 2. The summed E-state index contributed by atoms with van der Waals surface area (Å²) in [6.45, 7) is 8.69. The molecule has 2 fully saturated rings. The van der Waals surface area contributed by atoms with Crippen LogP contribution in [-0.2, 0) is 19.1 Å². The maximum Gasteiger partial charge on any atom is 0.351 e. The summed E-state index contributed by atoms with van der Waals surface area (Å²) in [5.74, 6) is -1.16. The van der Waals surface area contributed by atoms with Gasteiger partial charge in [0.05, 0.1) is 7.29 Å². The van der Waals surface area contributed by atoms with Crippen molar-refractivity contribution in [1.82, 2.24) is 0 Å². The summed E-state index contributed by atoms with van der Waals surface area (Å²) in [6.07, 6.45) is 6.63. The second kappa shape index (κ2) is 6.50. The summed E-state index contributed by atoms with van der Waals surface area (Å²) in [5, 5.41) is 0. The quantitative estimate of drug-likeness (QED) is 0.549. The van der Waals surface area contributed by atoms with Crippen LogP contribution in [0.5, 0.6) is 0 Å². The van der Waals surface area contributed by atoms with Gasteiger partial charge in [-0.2, -0.15) is 0 Å². The Hall–Kier alpha value is -1.58. The van der Waals surface area contributed by atoms with Crippen molar-refractivity contribution in [2.24, 2.45) is 11.3 Å². The summed E-state index contributed by atoms with van der Waals surface area (Å²) in [7, 11) is 0. The fraction of sp³-hybridized carbons (Fsp3) is 0.684. The molecule has 23 heavy (non-hydrogen) atoms. The molecule has 0 aromatic rings. The standard InChI is InChI=1S/C19H28O4/c1-13(2)7-6-8-14(3)10-12-22-17(21)19-11-9-15(16(20)23-19)18(19,4)5/h7,10,15H,6,8-9,11-12H2,1-5H3/b14-10+/t15-,19+/m0/s1/i12D/t12-,15-,19+. The van der Waals surface area contributed by atoms with Gasteiger partial charge in [-0.1, -0.05) is 31.1 Å². The molecule has 0 radical (unpaired) electrons. The van der Waals surface area contributed by atoms with E-state index in [2.05, 4.69) is 6.08 Å². The molecule has 1 saturated carbocycles. The summed E-state index contributed by atoms with van der Waals surface area (Å²) in [6, 6.07) is 0. The molecule has 0 aromatic heterocycles. The highest BCUT2D eigenvalue weighted by Gasteiger charge is 2.70. The van der Waals surface area contributed by atoms with E-state index in [0.717, 1.165) is 18.4 Å². The lowest BCUT2D eigenvalue weighted by Crippen LogP contribution is -2.48. The Morgan fingerprint density at radius 1 is 1.39 bits per heavy atom. The first-order chi connectivity index (χ1) is 11.1. The summed E-state index contributed by atoms with van der Waals surface area (Å²) in [4.78, 5) is 24.5. The molecule has 4 nitrogen and oxygen atoms in total. The smallest absolute Gasteiger partial charge is 0.351 e. The van der Waals surface area contributed by atoms with Crippen molar-refractivity contribution in [2.45, 2.75) is 65.9 Å². The molecule has 128 valence electrons. The average molecular weight is 321 g/mol. The Balaban J connectivity index is 1.99. The third-order valence-electron chi connectivity index (χ3n) is 5.21. The first kappa shape index (κ1) is 16.3. The van der Waals surface area contributed by atoms with Crippen LogP contribution in [0.15, 0.2) is 23.3 Å². The highest BCUT2D eigenvalue weighted by molar-refractivity contribution is 5.91. The van der Waals surface area contributed by atoms with Crippen molar-refractivity contribution in [3.05, 3.63) is 23.3 Å². The Labute approximate surface area is 140 Å². The van der Waals surface area contributed by atoms with E-state index in [4.69, 9.17) is 10.8 Å². The van der Waals surface area contributed by atoms with Gasteiger partial charge in [-0.15, -0.1) is 0 Å². The summed E-state index contributed by atoms with van der Waals surface area (Å²) >= 11 is 0. The molecular weight excluding hydrogens is 292 g/mol. The van der Waals surface area contributed by atoms with E-state index >= 15 is 0 Å². The monoisotopic (exact) mass is 321 g/mol. The van der Waals surface area contributed by atoms with Crippen molar-refractivity contribution in [1.29, 1.82) is 0 Å². The number of esters is 2. The van der Waals surface area contributed by atoms with Gasteiger partial charge < -0.3 is 9.47 Å². The lowest BCUT2D eigenvalue weighted by atomic mass is 9.75. The van der Waals surface area contributed by atoms with Gasteiger partial charge in [0.25, 0.3) is 0 Å². The molecule has 2 rings (SSSR count). The van der Waals surface area contributed by atoms with E-state index in [1.54, 1.807) is 6.08 Å². The highest BCUT2D eigenvalue weighted by Crippen LogP contribution is 2.58. The van der Waals surface area contributed by atoms with E-state index in [1.807, 2.05) is 34.6 Å². The van der Waals surface area contributed by atoms with E-state index in [9.17, 15) is 9.59 Å². The summed E-state index contributed by atoms with van der Waals surface area (Å²) in [5.41, 5.74) is 0.461. The number of allylic oxidation sites excluding steroid dienone is 3. The fourth-order valence-corrected chi connectivity index (χ4v) is 3.54. The second-order valence-corrected chi connectivity index (χ2v) is 7.44. The molecule has 4 heteroatoms. The molecule has 3 atom stereocenters. The van der Waals surface area contributed by atoms with Crippen LogP contribution < -0.4 is 0 Å². The maximum atomic E-state index is 12.6. The minimum atomic E-state index is -1.22. The second-order valence-electron chi connectivity index (χ2n) is 7.44. The van der Waals surface area contributed by atoms with E-state index in [-0.39, 0.29) is 11.9 Å². The molecule has 0 unspecified atom stereocenters. The molecular formula is C19H28O4. The van der Waals surface area contributed by atoms with Crippen molar-refractivity contribution >= 4 is 11.9 Å². The van der Waals surface area contributed by atoms with Gasteiger partial charge in [0.2, 0.25) is 5.60 Å². The molecule has 0 N–H and O–H groups in total. The van der Waals surface area contributed by atoms with Crippen LogP contribution in [0.25, 0.3) is 0 Å². The normalized spacial score (nSPS) is 30.5. The van der Waals surface area contributed by atoms with E-state index in [1.165, 1.54) is 5.57 Å². The van der Waals surface area contributed by atoms with Crippen molar-refractivity contribution < 1.29 is 20.4 Å². The predicted molar refractivity (Wildman–Crippen MR) is 88.7 cm³/mol. The Morgan fingerprint density at radius 2 is 2.09 bits per heavy atom. The average Bonchev–Trinajstić information content (AvgIpc) is 2.81. The van der Waals surface area contributed by atoms with Crippen LogP contribution in [0.3, 0.4) is 0 Å². The van der Waals surface area contributed by atoms with Crippen molar-refractivity contribution in [3.63, 3.8) is 0 Å². The molecule has 2 bridgehead atoms. The van der Waals surface area contributed by atoms with Crippen LogP contribution in [0.1, 0.15) is 61.7 Å². The van der Waals surface area contributed by atoms with Crippen LogP contribution in [0.2, 0.25) is 0 Å². The first-order valence-electron chi connectivity index (χ1n) is 8.85. The van der Waals surface area contributed by atoms with Crippen molar-refractivity contribution in [2.75, 3.05) is 6.58 Å². The zero-order valence-corrected chi connectivity index (χ0v) is 14.8. The Bertz CT molecular complexity index is 586. The zero-order valence-electron chi connectivity index (χ0n) is 15.8. The van der Waals surface area contributed by atoms with Gasteiger partial charge in [-0.3, -0.25) is 4.79 Å². The highest BCUT2D eigenvalue weighted by atomic mass is 16.6. The number of rotatable bonds is 6. The van der Waals surface area contributed by atoms with Gasteiger partial charge >= 0.3 is 11.9 Å². The molecule has 1 heterocycles. The van der Waals surface area contributed by atoms with Crippen molar-refractivity contribution in [3.8, 4) is 0 Å². The Morgan fingerprint density at radius 3 is 2.61 bits per heavy atom. The number of carbonyl (C=O) groups excluding carboxylic acids is 2. The number of hydrogen-bond acceptors (Lipinski definition) is 4. The van der Waals surface area contributed by atoms with Gasteiger partial charge in [-0.05, 0) is 52.5 Å². The van der Waals surface area contributed by atoms with Crippen LogP contribution >= 0.6 is 0 Å². The molecule has 0 amide bonds. The largest absolute Gasteiger partial charge is 0.458 e. The minimum Gasteiger partial charge on any atom is -0.458 e. The molecule has 1 saturated heterocycles. The third-order valence-corrected chi connectivity index (χ3v) is 5.21. The van der Waals surface area contributed by atoms with Gasteiger partial charge in [0.15, 0.2) is 0 Å². The SMILES string of the molecule is [2H][C@@H](/C=C(\C)CCC=C(C)C)OC(=O)[C@@]12CC[C@@H](C(=O)O1)C2(C)C. The number of fused-ring (bicyclic) bond motifs is 2. The van der Waals surface area contributed by atoms with Gasteiger partial charge in [0, 0.05) is 5.41 Å². The lowest BCUT2D eigenvalue weighted by Gasteiger charge is -2.32. The van der Waals surface area contributed by atoms with Gasteiger partial charge in [-0.25, -0.2) is 4.79 Å². The predicted octanol–water partition coefficient (Wildman–Crippen LogP) is 3.95. The Kier molecular flexibility index (Phi) is 4.60. The fourth-order valence-electron chi connectivity index (χ4n) is 3.54. The summed E-state index contributed by atoms with van der Waals surface area (Å²) < 4.78 is 18.7. The van der Waals surface area contributed by atoms with E-state index < -0.39 is 23.6 Å². The van der Waals surface area contributed by atoms with E-state index in [0.29, 0.717) is 12.8 Å². The molecule has 0 aromatic carbocycles. The van der Waals surface area contributed by atoms with Crippen LogP contribution in [-0.4, -0.2) is 24.1 Å². The lowest BCUT2D eigenvalue weighted by molar-refractivity contribution is -0.181. The molecule has 1 aliphatic heterocycles. The topological polar surface area (TPSA) is 52.6 Å². The minimum absolute atomic E-state index is 0.254. The number of hydrogen-bond donors (Lipinski definition) is 0. The molecule has 0 spiro atoms. The number of ether oxygens (including phenoxy) is 2. The molecule has 2 aliphatic rings. The van der Waals surface area contributed by atoms with Crippen LogP contribution in [0.4, 0.5) is 0 Å². The maximum absolute atomic E-state index is 12.6. The molecule has 1 aliphatic carbocycles. The first-order valence-corrected chi connectivity index (χ1v) is 8.27.